The molecule has 0 bridgehead atoms. The molecule has 0 spiro atoms. The molecule has 0 radical (unpaired) electrons. The number of carbonyl (C=O) groups excluding carboxylic acids is 4. The number of nitrogens with one attached hydrogen (secondary N) is 4. The van der Waals surface area contributed by atoms with Crippen LogP contribution < -0.4 is 30.7 Å². The van der Waals surface area contributed by atoms with Gasteiger partial charge in [0.15, 0.2) is 0 Å². The van der Waals surface area contributed by atoms with Gasteiger partial charge in [0, 0.05) is 59.9 Å². The van der Waals surface area contributed by atoms with E-state index in [1.807, 2.05) is 0 Å². The smallest absolute Gasteiger partial charge is 0.269 e. The summed E-state index contributed by atoms with van der Waals surface area (Å²) in [4.78, 5) is 47.0. The summed E-state index contributed by atoms with van der Waals surface area (Å²) < 4.78 is 11.1. The molecular weight excluding hydrogens is 516 g/mol. The second-order valence-corrected chi connectivity index (χ2v) is 7.92. The van der Waals surface area contributed by atoms with Crippen LogP contribution in [0.25, 0.3) is 11.1 Å². The first-order chi connectivity index (χ1) is 19.2. The molecule has 0 heterocycles. The summed E-state index contributed by atoms with van der Waals surface area (Å²) in [5.41, 5.74) is 1.79. The van der Waals surface area contributed by atoms with Crippen molar-refractivity contribution in [1.29, 1.82) is 10.5 Å². The van der Waals surface area contributed by atoms with E-state index in [2.05, 4.69) is 21.3 Å². The Morgan fingerprint density at radius 1 is 0.725 bits per heavy atom. The number of nitriles is 2. The van der Waals surface area contributed by atoms with Crippen LogP contribution in [0.1, 0.15) is 26.7 Å². The Hall–Kier alpha value is -5.62. The normalized spacial score (nSPS) is 10.8. The molecule has 0 unspecified atom stereocenters. The molecule has 4 N–H and O–H groups in total. The highest BCUT2D eigenvalue weighted by molar-refractivity contribution is 6.07. The van der Waals surface area contributed by atoms with Crippen LogP contribution in [-0.4, -0.2) is 37.8 Å². The zero-order chi connectivity index (χ0) is 29.7. The van der Waals surface area contributed by atoms with E-state index in [9.17, 15) is 29.7 Å². The lowest BCUT2D eigenvalue weighted by atomic mass is 10.0. The van der Waals surface area contributed by atoms with E-state index < -0.39 is 23.6 Å². The van der Waals surface area contributed by atoms with Crippen LogP contribution in [0.5, 0.6) is 11.5 Å². The quantitative estimate of drug-likeness (QED) is 0.242. The summed E-state index contributed by atoms with van der Waals surface area (Å²) in [6.07, 6.45) is 2.59. The number of ether oxygens (including phenoxy) is 2. The summed E-state index contributed by atoms with van der Waals surface area (Å²) in [7, 11) is 2.96. The number of benzene rings is 2. The number of amides is 4. The lowest BCUT2D eigenvalue weighted by Gasteiger charge is -2.15. The summed E-state index contributed by atoms with van der Waals surface area (Å²) in [5, 5.41) is 28.5. The molecule has 4 amide bonds. The van der Waals surface area contributed by atoms with Crippen molar-refractivity contribution in [1.82, 2.24) is 10.6 Å². The Kier molecular flexibility index (Phi) is 11.4. The minimum absolute atomic E-state index is 0.104. The van der Waals surface area contributed by atoms with Crippen molar-refractivity contribution in [2.75, 3.05) is 24.9 Å². The third kappa shape index (κ3) is 8.19. The van der Waals surface area contributed by atoms with Gasteiger partial charge in [-0.1, -0.05) is 13.8 Å². The molecule has 0 saturated carbocycles. The fraction of sp³-hybridized carbons (Fsp3) is 0.214. The Balaban J connectivity index is 2.30. The van der Waals surface area contributed by atoms with Crippen LogP contribution in [0.2, 0.25) is 0 Å². The number of anilines is 2. The van der Waals surface area contributed by atoms with Crippen LogP contribution in [0, 0.1) is 22.7 Å². The van der Waals surface area contributed by atoms with Gasteiger partial charge in [0.2, 0.25) is 11.8 Å². The topological polar surface area (TPSA) is 182 Å². The Labute approximate surface area is 231 Å². The lowest BCUT2D eigenvalue weighted by molar-refractivity contribution is -0.129. The van der Waals surface area contributed by atoms with Crippen molar-refractivity contribution in [2.45, 2.75) is 26.7 Å². The van der Waals surface area contributed by atoms with Crippen LogP contribution in [0.4, 0.5) is 11.4 Å². The van der Waals surface area contributed by atoms with Crippen LogP contribution >= 0.6 is 0 Å². The molecule has 2 aromatic rings. The highest BCUT2D eigenvalue weighted by Gasteiger charge is 2.15. The Morgan fingerprint density at radius 3 is 1.40 bits per heavy atom. The maximum atomic E-state index is 12.1. The second kappa shape index (κ2) is 15.0. The Morgan fingerprint density at radius 2 is 1.10 bits per heavy atom. The van der Waals surface area contributed by atoms with Crippen molar-refractivity contribution < 1.29 is 28.7 Å². The summed E-state index contributed by atoms with van der Waals surface area (Å²) in [6.45, 7) is 3.18. The molecule has 0 aliphatic rings. The fourth-order valence-electron chi connectivity index (χ4n) is 3.18. The van der Waals surface area contributed by atoms with E-state index in [-0.39, 0.29) is 24.0 Å². The summed E-state index contributed by atoms with van der Waals surface area (Å²) in [5.74, 6) is -1.71. The predicted octanol–water partition coefficient (Wildman–Crippen LogP) is 3.12. The van der Waals surface area contributed by atoms with E-state index >= 15 is 0 Å². The SMILES string of the molecule is CCC(=O)NC(=O)C(C#N)=CNc1ccc(-c2ccc(NC=C(C#N)C(=O)NC(=O)CC)cc2OC)c(OC)c1. The average Bonchev–Trinajstić information content (AvgIpc) is 2.97. The molecule has 12 heteroatoms. The van der Waals surface area contributed by atoms with Crippen molar-refractivity contribution in [3.05, 3.63) is 59.9 Å². The lowest BCUT2D eigenvalue weighted by Crippen LogP contribution is -2.30. The van der Waals surface area contributed by atoms with Gasteiger partial charge >= 0.3 is 0 Å². The first-order valence-corrected chi connectivity index (χ1v) is 12.0. The highest BCUT2D eigenvalue weighted by atomic mass is 16.5. The van der Waals surface area contributed by atoms with E-state index in [4.69, 9.17) is 9.47 Å². The van der Waals surface area contributed by atoms with Gasteiger partial charge in [0.25, 0.3) is 11.8 Å². The number of rotatable bonds is 11. The van der Waals surface area contributed by atoms with Gasteiger partial charge in [-0.2, -0.15) is 10.5 Å². The van der Waals surface area contributed by atoms with Gasteiger partial charge in [-0.3, -0.25) is 29.8 Å². The standard InChI is InChI=1S/C28H28N6O6/c1-5-25(35)33-27(37)17(13-29)15-31-19-7-9-21(23(11-19)39-3)22-10-8-20(12-24(22)40-4)32-16-18(14-30)28(38)34-26(36)6-2/h7-12,15-16,31-32H,5-6H2,1-4H3,(H,33,35,37)(H,34,36,38). The maximum absolute atomic E-state index is 12.1. The molecule has 12 nitrogen and oxygen atoms in total. The molecule has 40 heavy (non-hydrogen) atoms. The van der Waals surface area contributed by atoms with Gasteiger partial charge in [-0.05, 0) is 24.3 Å². The van der Waals surface area contributed by atoms with Crippen LogP contribution in [0.3, 0.4) is 0 Å². The maximum Gasteiger partial charge on any atom is 0.269 e. The Bertz CT molecular complexity index is 1340. The molecule has 0 atom stereocenters. The molecular formula is C28H28N6O6. The number of imide groups is 2. The molecule has 0 fully saturated rings. The largest absolute Gasteiger partial charge is 0.496 e. The van der Waals surface area contributed by atoms with Gasteiger partial charge in [0.05, 0.1) is 14.2 Å². The third-order valence-corrected chi connectivity index (χ3v) is 5.34. The van der Waals surface area contributed by atoms with Crippen LogP contribution in [-0.2, 0) is 19.2 Å². The van der Waals surface area contributed by atoms with Crippen molar-refractivity contribution in [3.63, 3.8) is 0 Å². The number of carbonyl (C=O) groups is 4. The zero-order valence-corrected chi connectivity index (χ0v) is 22.4. The zero-order valence-electron chi connectivity index (χ0n) is 22.4. The number of methoxy groups -OCH3 is 2. The van der Waals surface area contributed by atoms with E-state index in [0.717, 1.165) is 0 Å². The summed E-state index contributed by atoms with van der Waals surface area (Å²) >= 11 is 0. The molecule has 0 aliphatic carbocycles. The van der Waals surface area contributed by atoms with E-state index in [0.29, 0.717) is 34.0 Å². The van der Waals surface area contributed by atoms with Gasteiger partial charge in [0.1, 0.15) is 34.8 Å². The van der Waals surface area contributed by atoms with Crippen molar-refractivity contribution in [3.8, 4) is 34.8 Å². The van der Waals surface area contributed by atoms with Crippen molar-refractivity contribution >= 4 is 35.0 Å². The molecule has 0 saturated heterocycles. The minimum Gasteiger partial charge on any atom is -0.496 e. The molecule has 2 rings (SSSR count). The third-order valence-electron chi connectivity index (χ3n) is 5.34. The first kappa shape index (κ1) is 30.6. The number of hydrogen-bond donors (Lipinski definition) is 4. The second-order valence-electron chi connectivity index (χ2n) is 7.92. The van der Waals surface area contributed by atoms with E-state index in [1.54, 1.807) is 62.4 Å². The average molecular weight is 545 g/mol. The predicted molar refractivity (Wildman–Crippen MR) is 147 cm³/mol. The molecule has 2 aromatic carbocycles. The van der Waals surface area contributed by atoms with E-state index in [1.165, 1.54) is 26.6 Å². The summed E-state index contributed by atoms with van der Waals surface area (Å²) in [6, 6.07) is 13.7. The van der Waals surface area contributed by atoms with Gasteiger partial charge in [-0.15, -0.1) is 0 Å². The number of nitrogens with zero attached hydrogens (tertiary/aromatic N) is 2. The molecule has 0 aromatic heterocycles. The van der Waals surface area contributed by atoms with Crippen LogP contribution in [0.15, 0.2) is 59.9 Å². The fourth-order valence-corrected chi connectivity index (χ4v) is 3.18. The number of hydrogen-bond acceptors (Lipinski definition) is 10. The first-order valence-electron chi connectivity index (χ1n) is 12.0. The highest BCUT2D eigenvalue weighted by Crippen LogP contribution is 2.39. The minimum atomic E-state index is -0.810. The van der Waals surface area contributed by atoms with Gasteiger partial charge in [-0.25, -0.2) is 0 Å². The monoisotopic (exact) mass is 544 g/mol. The molecule has 206 valence electrons. The van der Waals surface area contributed by atoms with Crippen molar-refractivity contribution in [2.24, 2.45) is 0 Å². The van der Waals surface area contributed by atoms with Gasteiger partial charge < -0.3 is 20.1 Å². The molecule has 0 aliphatic heterocycles.